The normalized spacial score (nSPS) is 13.9. The van der Waals surface area contributed by atoms with Crippen LogP contribution in [-0.2, 0) is 6.42 Å². The molecule has 0 radical (unpaired) electrons. The first-order chi connectivity index (χ1) is 11.6. The molecule has 0 unspecified atom stereocenters. The molecule has 0 spiro atoms. The number of rotatable bonds is 4. The summed E-state index contributed by atoms with van der Waals surface area (Å²) < 4.78 is 0. The second kappa shape index (κ2) is 6.88. The van der Waals surface area contributed by atoms with Gasteiger partial charge in [0.25, 0.3) is 0 Å². The van der Waals surface area contributed by atoms with E-state index >= 15 is 0 Å². The van der Waals surface area contributed by atoms with Crippen LogP contribution in [0.2, 0.25) is 0 Å². The van der Waals surface area contributed by atoms with Gasteiger partial charge in [0, 0.05) is 0 Å². The Morgan fingerprint density at radius 2 is 1.71 bits per heavy atom. The van der Waals surface area contributed by atoms with Crippen LogP contribution in [0.5, 0.6) is 0 Å². The van der Waals surface area contributed by atoms with Crippen LogP contribution >= 0.6 is 0 Å². The van der Waals surface area contributed by atoms with Gasteiger partial charge in [-0.25, -0.2) is 0 Å². The van der Waals surface area contributed by atoms with Gasteiger partial charge < -0.3 is 0 Å². The van der Waals surface area contributed by atoms with Gasteiger partial charge in [-0.15, -0.1) is 0 Å². The van der Waals surface area contributed by atoms with Crippen LogP contribution in [0.15, 0.2) is 84.5 Å². The first kappa shape index (κ1) is 16.3. The lowest BCUT2D eigenvalue weighted by molar-refractivity contribution is 0.941. The molecular weight excluding hydrogens is 288 g/mol. The van der Waals surface area contributed by atoms with Gasteiger partial charge >= 0.3 is 0 Å². The molecule has 2 aromatic rings. The van der Waals surface area contributed by atoms with Crippen LogP contribution in [0, 0.1) is 6.92 Å². The highest BCUT2D eigenvalue weighted by Crippen LogP contribution is 2.31. The van der Waals surface area contributed by atoms with E-state index in [1.54, 1.807) is 0 Å². The van der Waals surface area contributed by atoms with E-state index in [9.17, 15) is 0 Å². The fourth-order valence-electron chi connectivity index (χ4n) is 3.10. The molecule has 0 aliphatic heterocycles. The molecule has 120 valence electrons. The van der Waals surface area contributed by atoms with Gasteiger partial charge in [-0.05, 0) is 60.1 Å². The molecule has 2 aromatic carbocycles. The third-order valence-corrected chi connectivity index (χ3v) is 4.66. The first-order valence-corrected chi connectivity index (χ1v) is 8.47. The molecule has 0 saturated carbocycles. The smallest absolute Gasteiger partial charge is 0.0181 e. The molecule has 0 nitrogen and oxygen atoms in total. The van der Waals surface area contributed by atoms with Crippen molar-refractivity contribution < 1.29 is 0 Å². The Bertz CT molecular complexity index is 842. The van der Waals surface area contributed by atoms with Gasteiger partial charge in [-0.1, -0.05) is 85.0 Å². The summed E-state index contributed by atoms with van der Waals surface area (Å²) >= 11 is 0. The summed E-state index contributed by atoms with van der Waals surface area (Å²) in [7, 11) is 0. The van der Waals surface area contributed by atoms with Crippen LogP contribution in [0.3, 0.4) is 0 Å². The van der Waals surface area contributed by atoms with Gasteiger partial charge in [0.05, 0.1) is 0 Å². The quantitative estimate of drug-likeness (QED) is 0.552. The number of benzene rings is 2. The van der Waals surface area contributed by atoms with Crippen molar-refractivity contribution in [2.45, 2.75) is 26.7 Å². The average molecular weight is 312 g/mol. The molecule has 0 bridgehead atoms. The second-order valence-electron chi connectivity index (χ2n) is 6.57. The average Bonchev–Trinajstić information content (AvgIpc) is 2.61. The van der Waals surface area contributed by atoms with Crippen molar-refractivity contribution in [3.05, 3.63) is 101 Å². The minimum Gasteiger partial charge on any atom is -0.0988 e. The van der Waals surface area contributed by atoms with Crippen molar-refractivity contribution >= 4 is 6.08 Å². The zero-order valence-electron chi connectivity index (χ0n) is 14.6. The number of aryl methyl sites for hydroxylation is 2. The van der Waals surface area contributed by atoms with Crippen LogP contribution in [0.4, 0.5) is 0 Å². The molecule has 0 N–H and O–H groups in total. The molecule has 0 saturated heterocycles. The third-order valence-electron chi connectivity index (χ3n) is 4.66. The fraction of sp³-hybridized carbons (Fsp3) is 0.167. The van der Waals surface area contributed by atoms with E-state index < -0.39 is 0 Å². The van der Waals surface area contributed by atoms with Gasteiger partial charge in [-0.3, -0.25) is 0 Å². The van der Waals surface area contributed by atoms with Gasteiger partial charge in [-0.2, -0.15) is 0 Å². The fourth-order valence-corrected chi connectivity index (χ4v) is 3.10. The summed E-state index contributed by atoms with van der Waals surface area (Å²) in [6.45, 7) is 12.2. The minimum absolute atomic E-state index is 1.05. The predicted octanol–water partition coefficient (Wildman–Crippen LogP) is 6.68. The Morgan fingerprint density at radius 3 is 2.42 bits per heavy atom. The molecule has 3 rings (SSSR count). The molecule has 0 fully saturated rings. The molecule has 24 heavy (non-hydrogen) atoms. The van der Waals surface area contributed by atoms with E-state index in [2.05, 4.69) is 81.6 Å². The lowest BCUT2D eigenvalue weighted by Crippen LogP contribution is -2.01. The number of allylic oxidation sites excluding steroid dienone is 5. The van der Waals surface area contributed by atoms with E-state index in [-0.39, 0.29) is 0 Å². The van der Waals surface area contributed by atoms with Crippen LogP contribution < -0.4 is 0 Å². The Labute approximate surface area is 145 Å². The third kappa shape index (κ3) is 3.49. The van der Waals surface area contributed by atoms with Gasteiger partial charge in [0.15, 0.2) is 0 Å². The maximum atomic E-state index is 4.22. The summed E-state index contributed by atoms with van der Waals surface area (Å²) in [5, 5.41) is 0. The maximum Gasteiger partial charge on any atom is -0.0181 e. The molecule has 1 aliphatic carbocycles. The van der Waals surface area contributed by atoms with Crippen LogP contribution in [0.1, 0.15) is 30.0 Å². The van der Waals surface area contributed by atoms with E-state index in [0.29, 0.717) is 0 Å². The highest BCUT2D eigenvalue weighted by molar-refractivity contribution is 5.71. The van der Waals surface area contributed by atoms with Crippen molar-refractivity contribution in [2.24, 2.45) is 0 Å². The lowest BCUT2D eigenvalue weighted by atomic mass is 9.87. The van der Waals surface area contributed by atoms with Crippen molar-refractivity contribution in [1.29, 1.82) is 0 Å². The predicted molar refractivity (Wildman–Crippen MR) is 106 cm³/mol. The van der Waals surface area contributed by atoms with Crippen LogP contribution in [-0.4, -0.2) is 0 Å². The van der Waals surface area contributed by atoms with Gasteiger partial charge in [0.2, 0.25) is 0 Å². The molecule has 0 heteroatoms. The Morgan fingerprint density at radius 1 is 1.00 bits per heavy atom. The molecule has 0 heterocycles. The molecule has 0 aromatic heterocycles. The SMILES string of the molecule is C=C/C(C)=C\C(=C)C1=Cc2ccc(-c3ccc(C)cc3)cc2CC1. The minimum atomic E-state index is 1.05. The summed E-state index contributed by atoms with van der Waals surface area (Å²) in [6, 6.07) is 15.5. The number of hydrogen-bond acceptors (Lipinski definition) is 0. The van der Waals surface area contributed by atoms with Crippen molar-refractivity contribution in [2.75, 3.05) is 0 Å². The van der Waals surface area contributed by atoms with E-state index in [1.807, 2.05) is 6.08 Å². The molecule has 0 amide bonds. The Kier molecular flexibility index (Phi) is 4.66. The topological polar surface area (TPSA) is 0 Å². The largest absolute Gasteiger partial charge is 0.0988 e. The molecular formula is C24H24. The summed E-state index contributed by atoms with van der Waals surface area (Å²) in [5.41, 5.74) is 10.2. The Hall–Kier alpha value is -2.60. The summed E-state index contributed by atoms with van der Waals surface area (Å²) in [5.74, 6) is 0. The van der Waals surface area contributed by atoms with Crippen molar-refractivity contribution in [1.82, 2.24) is 0 Å². The highest BCUT2D eigenvalue weighted by atomic mass is 14.2. The highest BCUT2D eigenvalue weighted by Gasteiger charge is 2.12. The summed E-state index contributed by atoms with van der Waals surface area (Å²) in [4.78, 5) is 0. The monoisotopic (exact) mass is 312 g/mol. The number of hydrogen-bond donors (Lipinski definition) is 0. The van der Waals surface area contributed by atoms with Crippen molar-refractivity contribution in [3.63, 3.8) is 0 Å². The maximum absolute atomic E-state index is 4.22. The lowest BCUT2D eigenvalue weighted by Gasteiger charge is -2.18. The standard InChI is InChI=1S/C24H24/c1-5-17(2)14-19(4)21-10-11-24-16-22(12-13-23(24)15-21)20-8-6-18(3)7-9-20/h5-9,12-16H,1,4,10-11H2,2-3H3/b17-14-. The number of fused-ring (bicyclic) bond motifs is 1. The van der Waals surface area contributed by atoms with E-state index in [4.69, 9.17) is 0 Å². The van der Waals surface area contributed by atoms with Crippen LogP contribution in [0.25, 0.3) is 17.2 Å². The molecule has 0 atom stereocenters. The van der Waals surface area contributed by atoms with E-state index in [0.717, 1.165) is 24.0 Å². The zero-order valence-corrected chi connectivity index (χ0v) is 14.6. The molecule has 1 aliphatic rings. The second-order valence-corrected chi connectivity index (χ2v) is 6.57. The van der Waals surface area contributed by atoms with Crippen molar-refractivity contribution in [3.8, 4) is 11.1 Å². The zero-order chi connectivity index (χ0) is 17.1. The Balaban J connectivity index is 1.90. The van der Waals surface area contributed by atoms with E-state index in [1.165, 1.54) is 33.4 Å². The van der Waals surface area contributed by atoms with Gasteiger partial charge in [0.1, 0.15) is 0 Å². The summed E-state index contributed by atoms with van der Waals surface area (Å²) in [6.07, 6.45) is 8.39. The first-order valence-electron chi connectivity index (χ1n) is 8.47.